The Bertz CT molecular complexity index is 670. The molecule has 0 atom stereocenters. The van der Waals surface area contributed by atoms with Crippen LogP contribution in [0.2, 0.25) is 0 Å². The van der Waals surface area contributed by atoms with Gasteiger partial charge in [0.25, 0.3) is 0 Å². The smallest absolute Gasteiger partial charge is 0.224 e. The predicted molar refractivity (Wildman–Crippen MR) is 88.1 cm³/mol. The average Bonchev–Trinajstić information content (AvgIpc) is 2.60. The first-order valence-corrected chi connectivity index (χ1v) is 7.27. The summed E-state index contributed by atoms with van der Waals surface area (Å²) in [6, 6.07) is 13.1. The van der Waals surface area contributed by atoms with E-state index in [1.165, 1.54) is 0 Å². The van der Waals surface area contributed by atoms with Crippen molar-refractivity contribution in [1.29, 1.82) is 0 Å². The highest BCUT2D eigenvalue weighted by Crippen LogP contribution is 2.27. The highest BCUT2D eigenvalue weighted by atomic mass is 16.5. The van der Waals surface area contributed by atoms with Crippen LogP contribution < -0.4 is 19.5 Å². The molecule has 0 heterocycles. The van der Waals surface area contributed by atoms with E-state index >= 15 is 0 Å². The first-order chi connectivity index (χ1) is 11.2. The van der Waals surface area contributed by atoms with Crippen LogP contribution in [0.3, 0.4) is 0 Å². The number of ether oxygens (including phenoxy) is 3. The molecule has 0 saturated heterocycles. The molecule has 0 radical (unpaired) electrons. The number of amides is 1. The average molecular weight is 315 g/mol. The van der Waals surface area contributed by atoms with E-state index < -0.39 is 0 Å². The number of carbonyl (C=O) groups is 1. The van der Waals surface area contributed by atoms with Crippen molar-refractivity contribution in [3.05, 3.63) is 53.6 Å². The SMILES string of the molecule is COc1ccccc1CC(=O)NCc1ccc(OC)c(OC)c1. The molecule has 1 amide bonds. The summed E-state index contributed by atoms with van der Waals surface area (Å²) in [4.78, 5) is 12.1. The fraction of sp³-hybridized carbons (Fsp3) is 0.278. The molecule has 0 spiro atoms. The summed E-state index contributed by atoms with van der Waals surface area (Å²) < 4.78 is 15.7. The molecule has 0 aliphatic heterocycles. The van der Waals surface area contributed by atoms with Crippen molar-refractivity contribution in [2.75, 3.05) is 21.3 Å². The molecule has 1 N–H and O–H groups in total. The molecule has 5 heteroatoms. The summed E-state index contributed by atoms with van der Waals surface area (Å²) in [6.45, 7) is 0.425. The maximum atomic E-state index is 12.1. The van der Waals surface area contributed by atoms with E-state index in [1.54, 1.807) is 21.3 Å². The lowest BCUT2D eigenvalue weighted by molar-refractivity contribution is -0.120. The Balaban J connectivity index is 1.96. The van der Waals surface area contributed by atoms with Gasteiger partial charge in [0.2, 0.25) is 5.91 Å². The lowest BCUT2D eigenvalue weighted by Gasteiger charge is -2.11. The summed E-state index contributed by atoms with van der Waals surface area (Å²) in [7, 11) is 4.77. The number of hydrogen-bond acceptors (Lipinski definition) is 4. The molecule has 0 aliphatic rings. The quantitative estimate of drug-likeness (QED) is 0.853. The van der Waals surface area contributed by atoms with Gasteiger partial charge in [0.1, 0.15) is 5.75 Å². The molecule has 5 nitrogen and oxygen atoms in total. The number of benzene rings is 2. The number of para-hydroxylation sites is 1. The maximum absolute atomic E-state index is 12.1. The molecule has 0 saturated carbocycles. The van der Waals surface area contributed by atoms with Crippen LogP contribution in [0.1, 0.15) is 11.1 Å². The topological polar surface area (TPSA) is 56.8 Å². The molecule has 0 aromatic heterocycles. The van der Waals surface area contributed by atoms with E-state index in [0.29, 0.717) is 23.8 Å². The molecule has 2 rings (SSSR count). The van der Waals surface area contributed by atoms with Crippen LogP contribution in [0.15, 0.2) is 42.5 Å². The van der Waals surface area contributed by atoms with Gasteiger partial charge in [-0.1, -0.05) is 24.3 Å². The Morgan fingerprint density at radius 2 is 1.61 bits per heavy atom. The van der Waals surface area contributed by atoms with Crippen molar-refractivity contribution in [3.63, 3.8) is 0 Å². The first-order valence-electron chi connectivity index (χ1n) is 7.27. The van der Waals surface area contributed by atoms with Gasteiger partial charge in [-0.3, -0.25) is 4.79 Å². The third kappa shape index (κ3) is 4.39. The Hall–Kier alpha value is -2.69. The molecule has 0 aliphatic carbocycles. The van der Waals surface area contributed by atoms with Crippen molar-refractivity contribution in [3.8, 4) is 17.2 Å². The molecule has 0 unspecified atom stereocenters. The van der Waals surface area contributed by atoms with Gasteiger partial charge >= 0.3 is 0 Å². The normalized spacial score (nSPS) is 10.0. The standard InChI is InChI=1S/C18H21NO4/c1-21-15-7-5-4-6-14(15)11-18(20)19-12-13-8-9-16(22-2)17(10-13)23-3/h4-10H,11-12H2,1-3H3,(H,19,20). The molecular formula is C18H21NO4. The van der Waals surface area contributed by atoms with E-state index in [4.69, 9.17) is 14.2 Å². The van der Waals surface area contributed by atoms with E-state index in [9.17, 15) is 4.79 Å². The second-order valence-electron chi connectivity index (χ2n) is 4.95. The van der Waals surface area contributed by atoms with E-state index in [-0.39, 0.29) is 12.3 Å². The van der Waals surface area contributed by atoms with Crippen LogP contribution in [0.5, 0.6) is 17.2 Å². The third-order valence-electron chi connectivity index (χ3n) is 3.48. The van der Waals surface area contributed by atoms with Crippen LogP contribution in [0.4, 0.5) is 0 Å². The van der Waals surface area contributed by atoms with Gasteiger partial charge in [-0.15, -0.1) is 0 Å². The fourth-order valence-corrected chi connectivity index (χ4v) is 2.28. The number of rotatable bonds is 7. The van der Waals surface area contributed by atoms with Gasteiger partial charge in [0, 0.05) is 12.1 Å². The van der Waals surface area contributed by atoms with Gasteiger partial charge < -0.3 is 19.5 Å². The largest absolute Gasteiger partial charge is 0.496 e. The Kier molecular flexibility index (Phi) is 5.86. The lowest BCUT2D eigenvalue weighted by atomic mass is 10.1. The highest BCUT2D eigenvalue weighted by Gasteiger charge is 2.09. The van der Waals surface area contributed by atoms with E-state index in [0.717, 1.165) is 11.1 Å². The monoisotopic (exact) mass is 315 g/mol. The minimum Gasteiger partial charge on any atom is -0.496 e. The zero-order valence-electron chi connectivity index (χ0n) is 13.6. The third-order valence-corrected chi connectivity index (χ3v) is 3.48. The second-order valence-corrected chi connectivity index (χ2v) is 4.95. The first kappa shape index (κ1) is 16.7. The predicted octanol–water partition coefficient (Wildman–Crippen LogP) is 2.57. The van der Waals surface area contributed by atoms with Crippen molar-refractivity contribution in [2.45, 2.75) is 13.0 Å². The number of hydrogen-bond donors (Lipinski definition) is 1. The van der Waals surface area contributed by atoms with Crippen LogP contribution in [-0.2, 0) is 17.8 Å². The van der Waals surface area contributed by atoms with Crippen molar-refractivity contribution < 1.29 is 19.0 Å². The fourth-order valence-electron chi connectivity index (χ4n) is 2.28. The summed E-state index contributed by atoms with van der Waals surface area (Å²) in [5.74, 6) is 1.96. The molecule has 23 heavy (non-hydrogen) atoms. The van der Waals surface area contributed by atoms with Crippen molar-refractivity contribution in [1.82, 2.24) is 5.32 Å². The van der Waals surface area contributed by atoms with Gasteiger partial charge in [-0.2, -0.15) is 0 Å². The zero-order valence-corrected chi connectivity index (χ0v) is 13.6. The highest BCUT2D eigenvalue weighted by molar-refractivity contribution is 5.79. The molecule has 122 valence electrons. The van der Waals surface area contributed by atoms with E-state index in [2.05, 4.69) is 5.32 Å². The molecule has 0 bridgehead atoms. The summed E-state index contributed by atoms with van der Waals surface area (Å²) in [6.07, 6.45) is 0.275. The molecule has 0 fully saturated rings. The maximum Gasteiger partial charge on any atom is 0.224 e. The zero-order chi connectivity index (χ0) is 16.7. The van der Waals surface area contributed by atoms with Crippen LogP contribution in [-0.4, -0.2) is 27.2 Å². The molecule has 2 aromatic rings. The number of methoxy groups -OCH3 is 3. The van der Waals surface area contributed by atoms with Gasteiger partial charge in [0.15, 0.2) is 11.5 Å². The van der Waals surface area contributed by atoms with Crippen LogP contribution >= 0.6 is 0 Å². The molecular weight excluding hydrogens is 294 g/mol. The Morgan fingerprint density at radius 1 is 0.913 bits per heavy atom. The minimum absolute atomic E-state index is 0.0655. The van der Waals surface area contributed by atoms with Gasteiger partial charge in [-0.25, -0.2) is 0 Å². The van der Waals surface area contributed by atoms with E-state index in [1.807, 2.05) is 42.5 Å². The second kappa shape index (κ2) is 8.08. The van der Waals surface area contributed by atoms with Crippen LogP contribution in [0.25, 0.3) is 0 Å². The lowest BCUT2D eigenvalue weighted by Crippen LogP contribution is -2.24. The summed E-state index contributed by atoms with van der Waals surface area (Å²) in [5.41, 5.74) is 1.80. The Labute approximate surface area is 136 Å². The van der Waals surface area contributed by atoms with Crippen molar-refractivity contribution in [2.24, 2.45) is 0 Å². The van der Waals surface area contributed by atoms with Crippen LogP contribution in [0, 0.1) is 0 Å². The summed E-state index contributed by atoms with van der Waals surface area (Å²) in [5, 5.41) is 2.90. The van der Waals surface area contributed by atoms with Crippen molar-refractivity contribution >= 4 is 5.91 Å². The number of nitrogens with one attached hydrogen (secondary N) is 1. The Morgan fingerprint density at radius 3 is 2.30 bits per heavy atom. The van der Waals surface area contributed by atoms with Gasteiger partial charge in [0.05, 0.1) is 27.8 Å². The minimum atomic E-state index is -0.0655. The molecule has 2 aromatic carbocycles. The van der Waals surface area contributed by atoms with Gasteiger partial charge in [-0.05, 0) is 23.8 Å². The number of carbonyl (C=O) groups excluding carboxylic acids is 1. The summed E-state index contributed by atoms with van der Waals surface area (Å²) >= 11 is 0.